The van der Waals surface area contributed by atoms with Crippen molar-refractivity contribution in [2.75, 3.05) is 25.6 Å². The summed E-state index contributed by atoms with van der Waals surface area (Å²) in [5, 5.41) is 9.47. The van der Waals surface area contributed by atoms with Crippen molar-refractivity contribution in [2.45, 2.75) is 19.3 Å². The first-order valence-corrected chi connectivity index (χ1v) is 7.52. The Morgan fingerprint density at radius 2 is 1.68 bits per heavy atom. The van der Waals surface area contributed by atoms with Crippen LogP contribution in [0.2, 0.25) is 0 Å². The Hall–Kier alpha value is -2.47. The van der Waals surface area contributed by atoms with Crippen molar-refractivity contribution in [1.82, 2.24) is 0 Å². The minimum Gasteiger partial charge on any atom is -0.494 e. The van der Waals surface area contributed by atoms with E-state index in [0.717, 1.165) is 22.6 Å². The van der Waals surface area contributed by atoms with E-state index in [0.29, 0.717) is 13.0 Å². The zero-order valence-corrected chi connectivity index (χ0v) is 13.4. The molecular formula is C19H22N2O. The number of hydrogen-bond donors (Lipinski definition) is 0. The summed E-state index contributed by atoms with van der Waals surface area (Å²) in [6, 6.07) is 18.6. The van der Waals surface area contributed by atoms with Crippen LogP contribution in [0.3, 0.4) is 0 Å². The SMILES string of the molecule is CCOc1ccc(CC(C#N)c2ccc(N(C)C)cc2)cc1. The van der Waals surface area contributed by atoms with Crippen molar-refractivity contribution in [3.05, 3.63) is 59.7 Å². The van der Waals surface area contributed by atoms with Crippen LogP contribution in [-0.2, 0) is 6.42 Å². The summed E-state index contributed by atoms with van der Waals surface area (Å²) in [6.07, 6.45) is 0.713. The average molecular weight is 294 g/mol. The van der Waals surface area contributed by atoms with Gasteiger partial charge in [-0.1, -0.05) is 24.3 Å². The number of nitriles is 1. The second-order valence-corrected chi connectivity index (χ2v) is 5.45. The van der Waals surface area contributed by atoms with E-state index in [4.69, 9.17) is 4.74 Å². The molecule has 3 heteroatoms. The molecule has 3 nitrogen and oxygen atoms in total. The molecule has 0 aliphatic carbocycles. The maximum absolute atomic E-state index is 9.47. The second kappa shape index (κ2) is 7.51. The van der Waals surface area contributed by atoms with E-state index in [2.05, 4.69) is 23.1 Å². The van der Waals surface area contributed by atoms with Crippen LogP contribution >= 0.6 is 0 Å². The van der Waals surface area contributed by atoms with E-state index in [9.17, 15) is 5.26 Å². The molecule has 0 fully saturated rings. The van der Waals surface area contributed by atoms with Crippen LogP contribution in [0.15, 0.2) is 48.5 Å². The van der Waals surface area contributed by atoms with Crippen molar-refractivity contribution in [1.29, 1.82) is 5.26 Å². The molecule has 1 unspecified atom stereocenters. The highest BCUT2D eigenvalue weighted by Gasteiger charge is 2.12. The summed E-state index contributed by atoms with van der Waals surface area (Å²) >= 11 is 0. The van der Waals surface area contributed by atoms with Gasteiger partial charge in [-0.3, -0.25) is 0 Å². The predicted octanol–water partition coefficient (Wildman–Crippen LogP) is 4.00. The summed E-state index contributed by atoms with van der Waals surface area (Å²) in [6.45, 7) is 2.63. The molecule has 0 bridgehead atoms. The van der Waals surface area contributed by atoms with Crippen LogP contribution in [-0.4, -0.2) is 20.7 Å². The third-order valence-electron chi connectivity index (χ3n) is 3.64. The molecule has 0 aromatic heterocycles. The summed E-state index contributed by atoms with van der Waals surface area (Å²) in [4.78, 5) is 2.05. The van der Waals surface area contributed by atoms with Gasteiger partial charge in [0.05, 0.1) is 18.6 Å². The highest BCUT2D eigenvalue weighted by atomic mass is 16.5. The summed E-state index contributed by atoms with van der Waals surface area (Å²) in [7, 11) is 4.02. The first-order chi connectivity index (χ1) is 10.6. The molecule has 2 aromatic rings. The molecule has 0 heterocycles. The van der Waals surface area contributed by atoms with Crippen molar-refractivity contribution < 1.29 is 4.74 Å². The molecule has 0 N–H and O–H groups in total. The number of hydrogen-bond acceptors (Lipinski definition) is 3. The van der Waals surface area contributed by atoms with E-state index in [-0.39, 0.29) is 5.92 Å². The quantitative estimate of drug-likeness (QED) is 0.808. The number of nitrogens with zero attached hydrogens (tertiary/aromatic N) is 2. The standard InChI is InChI=1S/C19H22N2O/c1-4-22-19-11-5-15(6-12-19)13-17(14-20)16-7-9-18(10-8-16)21(2)3/h5-12,17H,4,13H2,1-3H3. The summed E-state index contributed by atoms with van der Waals surface area (Å²) in [5.41, 5.74) is 3.34. The van der Waals surface area contributed by atoms with Crippen LogP contribution in [0.4, 0.5) is 5.69 Å². The molecule has 0 amide bonds. The Bertz CT molecular complexity index is 624. The van der Waals surface area contributed by atoms with Crippen molar-refractivity contribution in [2.24, 2.45) is 0 Å². The third-order valence-corrected chi connectivity index (χ3v) is 3.64. The maximum Gasteiger partial charge on any atom is 0.119 e. The first kappa shape index (κ1) is 15.9. The Balaban J connectivity index is 2.10. The van der Waals surface area contributed by atoms with Crippen molar-refractivity contribution in [3.63, 3.8) is 0 Å². The fraction of sp³-hybridized carbons (Fsp3) is 0.316. The molecule has 22 heavy (non-hydrogen) atoms. The summed E-state index contributed by atoms with van der Waals surface area (Å²) < 4.78 is 5.44. The van der Waals surface area contributed by atoms with Gasteiger partial charge in [0.15, 0.2) is 0 Å². The average Bonchev–Trinajstić information content (AvgIpc) is 2.54. The molecule has 1 atom stereocenters. The van der Waals surface area contributed by atoms with Crippen LogP contribution in [0, 0.1) is 11.3 Å². The van der Waals surface area contributed by atoms with Crippen molar-refractivity contribution in [3.8, 4) is 11.8 Å². The van der Waals surface area contributed by atoms with Gasteiger partial charge in [0.25, 0.3) is 0 Å². The monoisotopic (exact) mass is 294 g/mol. The van der Waals surface area contributed by atoms with Gasteiger partial charge in [-0.2, -0.15) is 5.26 Å². The lowest BCUT2D eigenvalue weighted by atomic mass is 9.93. The van der Waals surface area contributed by atoms with Gasteiger partial charge in [0, 0.05) is 19.8 Å². The van der Waals surface area contributed by atoms with E-state index < -0.39 is 0 Å². The molecule has 0 saturated carbocycles. The van der Waals surface area contributed by atoms with E-state index in [1.807, 2.05) is 57.4 Å². The van der Waals surface area contributed by atoms with Gasteiger partial charge in [0.1, 0.15) is 5.75 Å². The van der Waals surface area contributed by atoms with Gasteiger partial charge in [0.2, 0.25) is 0 Å². The van der Waals surface area contributed by atoms with Crippen LogP contribution < -0.4 is 9.64 Å². The minimum absolute atomic E-state index is 0.130. The van der Waals surface area contributed by atoms with Crippen LogP contribution in [0.25, 0.3) is 0 Å². The Kier molecular flexibility index (Phi) is 5.43. The zero-order chi connectivity index (χ0) is 15.9. The molecule has 114 valence electrons. The van der Waals surface area contributed by atoms with Crippen LogP contribution in [0.5, 0.6) is 5.75 Å². The van der Waals surface area contributed by atoms with E-state index in [1.165, 1.54) is 0 Å². The first-order valence-electron chi connectivity index (χ1n) is 7.52. The Morgan fingerprint density at radius 3 is 2.18 bits per heavy atom. The van der Waals surface area contributed by atoms with Gasteiger partial charge in [-0.15, -0.1) is 0 Å². The molecule has 0 radical (unpaired) electrons. The van der Waals surface area contributed by atoms with Gasteiger partial charge < -0.3 is 9.64 Å². The largest absolute Gasteiger partial charge is 0.494 e. The molecule has 2 aromatic carbocycles. The fourth-order valence-electron chi connectivity index (χ4n) is 2.37. The smallest absolute Gasteiger partial charge is 0.119 e. The maximum atomic E-state index is 9.47. The number of rotatable bonds is 6. The minimum atomic E-state index is -0.130. The number of ether oxygens (including phenoxy) is 1. The molecule has 2 rings (SSSR count). The van der Waals surface area contributed by atoms with Crippen molar-refractivity contribution >= 4 is 5.69 Å². The van der Waals surface area contributed by atoms with E-state index in [1.54, 1.807) is 0 Å². The second-order valence-electron chi connectivity index (χ2n) is 5.45. The third kappa shape index (κ3) is 4.02. The summed E-state index contributed by atoms with van der Waals surface area (Å²) in [5.74, 6) is 0.740. The molecule has 0 aliphatic heterocycles. The number of benzene rings is 2. The fourth-order valence-corrected chi connectivity index (χ4v) is 2.37. The molecular weight excluding hydrogens is 272 g/mol. The van der Waals surface area contributed by atoms with E-state index >= 15 is 0 Å². The molecule has 0 aliphatic rings. The zero-order valence-electron chi connectivity index (χ0n) is 13.4. The predicted molar refractivity (Wildman–Crippen MR) is 90.4 cm³/mol. The lowest BCUT2D eigenvalue weighted by molar-refractivity contribution is 0.340. The van der Waals surface area contributed by atoms with Gasteiger partial charge in [-0.05, 0) is 48.7 Å². The highest BCUT2D eigenvalue weighted by molar-refractivity contribution is 5.47. The van der Waals surface area contributed by atoms with Crippen LogP contribution in [0.1, 0.15) is 24.0 Å². The topological polar surface area (TPSA) is 36.3 Å². The van der Waals surface area contributed by atoms with Gasteiger partial charge in [-0.25, -0.2) is 0 Å². The lowest BCUT2D eigenvalue weighted by Crippen LogP contribution is -2.08. The highest BCUT2D eigenvalue weighted by Crippen LogP contribution is 2.24. The number of anilines is 1. The Morgan fingerprint density at radius 1 is 1.05 bits per heavy atom. The lowest BCUT2D eigenvalue weighted by Gasteiger charge is -2.15. The normalized spacial score (nSPS) is 11.5. The Labute approximate surface area is 132 Å². The van der Waals surface area contributed by atoms with Gasteiger partial charge >= 0.3 is 0 Å². The molecule has 0 spiro atoms. The molecule has 0 saturated heterocycles.